The maximum absolute atomic E-state index is 12.5. The average Bonchev–Trinajstić information content (AvgIpc) is 2.46. The first-order chi connectivity index (χ1) is 10.6. The van der Waals surface area contributed by atoms with Crippen molar-refractivity contribution in [2.24, 2.45) is 0 Å². The number of hydrogen-bond acceptors (Lipinski definition) is 3. The second-order valence-corrected chi connectivity index (χ2v) is 8.60. The quantitative estimate of drug-likeness (QED) is 0.307. The largest absolute Gasteiger partial charge is 1.00 e. The van der Waals surface area contributed by atoms with Crippen molar-refractivity contribution in [3.63, 3.8) is 0 Å². The van der Waals surface area contributed by atoms with Gasteiger partial charge >= 0.3 is 0 Å². The topological polar surface area (TPSA) is 66.5 Å². The van der Waals surface area contributed by atoms with Gasteiger partial charge in [0.15, 0.2) is 0 Å². The maximum atomic E-state index is 12.5. The zero-order valence-electron chi connectivity index (χ0n) is 14.4. The minimum absolute atomic E-state index is 0. The molecule has 0 spiro atoms. The fourth-order valence-electron chi connectivity index (χ4n) is 2.40. The summed E-state index contributed by atoms with van der Waals surface area (Å²) in [5.74, 6) is -0.369. The van der Waals surface area contributed by atoms with E-state index in [1.807, 2.05) is 0 Å². The Bertz CT molecular complexity index is 739. The van der Waals surface area contributed by atoms with E-state index in [0.29, 0.717) is 12.1 Å². The maximum Gasteiger partial charge on any atom is 0.268 e. The number of amides is 1. The third-order valence-corrected chi connectivity index (χ3v) is 5.56. The fourth-order valence-corrected chi connectivity index (χ4v) is 3.77. The molecule has 8 heteroatoms. The molecule has 0 aliphatic carbocycles. The number of fused-ring (bicyclic) bond motifs is 1. The van der Waals surface area contributed by atoms with E-state index >= 15 is 0 Å². The Morgan fingerprint density at radius 3 is 2.46 bits per heavy atom. The number of halogens is 1. The lowest BCUT2D eigenvalue weighted by atomic mass is 10.2. The molecule has 6 nitrogen and oxygen atoms in total. The molecule has 134 valence electrons. The van der Waals surface area contributed by atoms with Gasteiger partial charge in [-0.25, -0.2) is 8.42 Å². The van der Waals surface area contributed by atoms with Crippen molar-refractivity contribution in [2.45, 2.75) is 11.3 Å². The summed E-state index contributed by atoms with van der Waals surface area (Å²) in [4.78, 5) is 12.6. The van der Waals surface area contributed by atoms with Crippen LogP contribution in [0.5, 0.6) is 0 Å². The Kier molecular flexibility index (Phi) is 6.83. The zero-order chi connectivity index (χ0) is 17.3. The lowest BCUT2D eigenvalue weighted by Gasteiger charge is -2.27. The second kappa shape index (κ2) is 7.83. The van der Waals surface area contributed by atoms with Gasteiger partial charge in [-0.05, 0) is 17.7 Å². The summed E-state index contributed by atoms with van der Waals surface area (Å²) in [7, 11) is 4.00. The highest BCUT2D eigenvalue weighted by Crippen LogP contribution is 2.29. The van der Waals surface area contributed by atoms with Crippen LogP contribution in [0.4, 0.5) is 0 Å². The summed E-state index contributed by atoms with van der Waals surface area (Å²) in [6.45, 7) is 1.44. The van der Waals surface area contributed by atoms with Crippen LogP contribution in [0.2, 0.25) is 0 Å². The molecule has 0 fully saturated rings. The van der Waals surface area contributed by atoms with Crippen LogP contribution in [-0.2, 0) is 14.8 Å². The van der Waals surface area contributed by atoms with Gasteiger partial charge in [0.25, 0.3) is 15.9 Å². The summed E-state index contributed by atoms with van der Waals surface area (Å²) in [5, 5.41) is 2.80. The Morgan fingerprint density at radius 1 is 1.21 bits per heavy atom. The summed E-state index contributed by atoms with van der Waals surface area (Å²) in [5.41, 5.74) is 0.691. The van der Waals surface area contributed by atoms with E-state index in [1.165, 1.54) is 7.05 Å². The Morgan fingerprint density at radius 2 is 1.83 bits per heavy atom. The number of likely N-dealkylation sites (N-methyl/N-ethyl adjacent to an activating group) is 1. The van der Waals surface area contributed by atoms with Gasteiger partial charge in [0.2, 0.25) is 0 Å². The third-order valence-electron chi connectivity index (χ3n) is 3.71. The molecule has 0 radical (unpaired) electrons. The first-order valence-corrected chi connectivity index (χ1v) is 8.95. The van der Waals surface area contributed by atoms with Gasteiger partial charge in [-0.1, -0.05) is 18.2 Å². The molecule has 1 heterocycles. The van der Waals surface area contributed by atoms with E-state index in [9.17, 15) is 13.2 Å². The molecule has 0 aromatic heterocycles. The molecule has 0 atom stereocenters. The molecule has 24 heavy (non-hydrogen) atoms. The molecule has 2 rings (SSSR count). The number of carbonyl (C=O) groups is 1. The number of benzene rings is 1. The highest BCUT2D eigenvalue weighted by molar-refractivity contribution is 7.89. The van der Waals surface area contributed by atoms with Gasteiger partial charge in [-0.3, -0.25) is 9.10 Å². The number of rotatable bonds is 5. The second-order valence-electron chi connectivity index (χ2n) is 6.66. The standard InChI is InChI=1S/C16H23N3O3S.HI/c1-18-14(16(20)17-10-7-11-19(2,3)4)12-13-8-5-6-9-15(13)23(18,21)22;/h5-6,8-9,12H,7,10-11H2,1-4H3;1H. The molecular weight excluding hydrogens is 441 g/mol. The molecular formula is C16H24IN3O3S. The van der Waals surface area contributed by atoms with E-state index in [2.05, 4.69) is 26.5 Å². The Hall–Kier alpha value is -1.13. The normalized spacial score (nSPS) is 15.8. The van der Waals surface area contributed by atoms with E-state index in [4.69, 9.17) is 0 Å². The molecule has 1 aliphatic rings. The van der Waals surface area contributed by atoms with Gasteiger partial charge in [0, 0.05) is 20.0 Å². The summed E-state index contributed by atoms with van der Waals surface area (Å²) >= 11 is 0. The molecule has 0 unspecified atom stereocenters. The van der Waals surface area contributed by atoms with Gasteiger partial charge in [-0.15, -0.1) is 0 Å². The lowest BCUT2D eigenvalue weighted by Crippen LogP contribution is -3.00. The molecule has 1 aliphatic heterocycles. The highest BCUT2D eigenvalue weighted by Gasteiger charge is 2.32. The van der Waals surface area contributed by atoms with Crippen molar-refractivity contribution in [1.29, 1.82) is 0 Å². The fraction of sp³-hybridized carbons (Fsp3) is 0.438. The van der Waals surface area contributed by atoms with Crippen LogP contribution in [0.25, 0.3) is 6.08 Å². The van der Waals surface area contributed by atoms with Crippen LogP contribution in [-0.4, -0.2) is 64.4 Å². The molecule has 0 saturated carbocycles. The third kappa shape index (κ3) is 4.70. The number of quaternary nitrogens is 1. The zero-order valence-corrected chi connectivity index (χ0v) is 17.4. The molecule has 0 saturated heterocycles. The van der Waals surface area contributed by atoms with Crippen molar-refractivity contribution >= 4 is 22.0 Å². The van der Waals surface area contributed by atoms with E-state index < -0.39 is 10.0 Å². The van der Waals surface area contributed by atoms with Crippen LogP contribution in [0.3, 0.4) is 0 Å². The first kappa shape index (κ1) is 20.9. The van der Waals surface area contributed by atoms with Crippen LogP contribution >= 0.6 is 0 Å². The average molecular weight is 465 g/mol. The Balaban J connectivity index is 0.00000288. The van der Waals surface area contributed by atoms with Crippen molar-refractivity contribution in [3.8, 4) is 0 Å². The smallest absolute Gasteiger partial charge is 0.268 e. The molecule has 1 aromatic rings. The lowest BCUT2D eigenvalue weighted by molar-refractivity contribution is -0.870. The monoisotopic (exact) mass is 465 g/mol. The minimum Gasteiger partial charge on any atom is -1.00 e. The van der Waals surface area contributed by atoms with E-state index in [-0.39, 0.29) is 40.5 Å². The van der Waals surface area contributed by atoms with Crippen LogP contribution < -0.4 is 29.3 Å². The molecule has 1 aromatic carbocycles. The molecule has 1 N–H and O–H groups in total. The van der Waals surface area contributed by atoms with Crippen LogP contribution in [0, 0.1) is 0 Å². The van der Waals surface area contributed by atoms with Gasteiger partial charge in [-0.2, -0.15) is 0 Å². The molecule has 1 amide bonds. The van der Waals surface area contributed by atoms with Crippen molar-refractivity contribution in [2.75, 3.05) is 41.3 Å². The van der Waals surface area contributed by atoms with Gasteiger partial charge in [0.05, 0.1) is 32.6 Å². The predicted molar refractivity (Wildman–Crippen MR) is 89.9 cm³/mol. The van der Waals surface area contributed by atoms with Crippen molar-refractivity contribution in [3.05, 3.63) is 35.5 Å². The van der Waals surface area contributed by atoms with Crippen molar-refractivity contribution < 1.29 is 41.7 Å². The SMILES string of the molecule is CN1C(C(=O)NCCC[N+](C)(C)C)=Cc2ccccc2S1(=O)=O.[I-]. The highest BCUT2D eigenvalue weighted by atomic mass is 127. The minimum atomic E-state index is -3.67. The number of nitrogens with zero attached hydrogens (tertiary/aromatic N) is 2. The molecule has 0 bridgehead atoms. The van der Waals surface area contributed by atoms with Gasteiger partial charge in [0.1, 0.15) is 5.70 Å². The predicted octanol–water partition coefficient (Wildman–Crippen LogP) is -2.12. The van der Waals surface area contributed by atoms with Crippen LogP contribution in [0.1, 0.15) is 12.0 Å². The first-order valence-electron chi connectivity index (χ1n) is 7.51. The number of nitrogens with one attached hydrogen (secondary N) is 1. The van der Waals surface area contributed by atoms with E-state index in [1.54, 1.807) is 30.3 Å². The number of hydrogen-bond donors (Lipinski definition) is 1. The van der Waals surface area contributed by atoms with E-state index in [0.717, 1.165) is 21.8 Å². The van der Waals surface area contributed by atoms with Crippen LogP contribution in [0.15, 0.2) is 34.9 Å². The van der Waals surface area contributed by atoms with Crippen molar-refractivity contribution in [1.82, 2.24) is 9.62 Å². The summed E-state index contributed by atoms with van der Waals surface area (Å²) < 4.78 is 26.8. The Labute approximate surface area is 161 Å². The number of sulfonamides is 1. The van der Waals surface area contributed by atoms with Gasteiger partial charge < -0.3 is 33.8 Å². The number of carbonyl (C=O) groups excluding carboxylic acids is 1. The summed E-state index contributed by atoms with van der Waals surface area (Å²) in [6.07, 6.45) is 2.45. The summed E-state index contributed by atoms with van der Waals surface area (Å²) in [6, 6.07) is 6.68.